The van der Waals surface area contributed by atoms with Crippen LogP contribution in [0, 0.1) is 5.92 Å². The fourth-order valence-electron chi connectivity index (χ4n) is 1.69. The molecule has 0 radical (unpaired) electrons. The van der Waals surface area contributed by atoms with Gasteiger partial charge in [-0.15, -0.1) is 0 Å². The molecule has 1 rings (SSSR count). The Hall–Kier alpha value is -1.64. The van der Waals surface area contributed by atoms with Crippen molar-refractivity contribution in [3.05, 3.63) is 24.3 Å². The first-order valence-corrected chi connectivity index (χ1v) is 8.14. The minimum atomic E-state index is -3.72. The number of methoxy groups -OCH3 is 1. The Morgan fingerprint density at radius 3 is 2.36 bits per heavy atom. The smallest absolute Gasteiger partial charge is 0.307 e. The lowest BCUT2D eigenvalue weighted by atomic mass is 10.2. The molecule has 0 aliphatic carbocycles. The van der Waals surface area contributed by atoms with Crippen LogP contribution in [-0.2, 0) is 19.6 Å². The van der Waals surface area contributed by atoms with E-state index in [1.165, 1.54) is 26.1 Å². The Bertz CT molecular complexity index is 584. The number of rotatable bonds is 9. The predicted octanol–water partition coefficient (Wildman–Crippen LogP) is 1.05. The third-order valence-corrected chi connectivity index (χ3v) is 4.88. The third-order valence-electron chi connectivity index (χ3n) is 3.04. The van der Waals surface area contributed by atoms with Crippen molar-refractivity contribution in [3.63, 3.8) is 0 Å². The highest BCUT2D eigenvalue weighted by Gasteiger charge is 2.24. The van der Waals surface area contributed by atoms with Crippen molar-refractivity contribution in [2.24, 2.45) is 5.92 Å². The molecule has 8 heteroatoms. The number of carboxylic acid groups (broad SMARTS) is 1. The summed E-state index contributed by atoms with van der Waals surface area (Å²) in [6.45, 7) is 2.18. The summed E-state index contributed by atoms with van der Waals surface area (Å²) in [6, 6.07) is 5.97. The van der Waals surface area contributed by atoms with E-state index in [9.17, 15) is 13.2 Å². The summed E-state index contributed by atoms with van der Waals surface area (Å²) >= 11 is 0. The van der Waals surface area contributed by atoms with Crippen LogP contribution in [0.2, 0.25) is 0 Å². The van der Waals surface area contributed by atoms with Crippen LogP contribution in [0.25, 0.3) is 0 Å². The zero-order chi connectivity index (χ0) is 16.8. The molecule has 1 N–H and O–H groups in total. The molecular formula is C14H21NO6S. The van der Waals surface area contributed by atoms with E-state index in [0.717, 1.165) is 4.31 Å². The average molecular weight is 331 g/mol. The minimum absolute atomic E-state index is 0.0895. The first-order chi connectivity index (χ1) is 10.3. The fourth-order valence-corrected chi connectivity index (χ4v) is 2.95. The second kappa shape index (κ2) is 8.11. The number of carbonyl (C=O) groups is 1. The molecule has 124 valence electrons. The second-order valence-electron chi connectivity index (χ2n) is 4.84. The SMILES string of the molecule is COCCOc1ccc(S(=O)(=O)N(C)CC(C)C(=O)O)cc1. The molecule has 0 aliphatic heterocycles. The first-order valence-electron chi connectivity index (χ1n) is 6.70. The number of benzene rings is 1. The summed E-state index contributed by atoms with van der Waals surface area (Å²) in [4.78, 5) is 10.9. The van der Waals surface area contributed by atoms with Crippen LogP contribution in [0.5, 0.6) is 5.75 Å². The van der Waals surface area contributed by atoms with Crippen LogP contribution < -0.4 is 4.74 Å². The second-order valence-corrected chi connectivity index (χ2v) is 6.88. The van der Waals surface area contributed by atoms with Crippen molar-refractivity contribution in [1.82, 2.24) is 4.31 Å². The molecule has 0 heterocycles. The topological polar surface area (TPSA) is 93.1 Å². The maximum Gasteiger partial charge on any atom is 0.307 e. The van der Waals surface area contributed by atoms with Gasteiger partial charge in [0.05, 0.1) is 17.4 Å². The molecule has 0 saturated heterocycles. The van der Waals surface area contributed by atoms with Crippen LogP contribution in [0.4, 0.5) is 0 Å². The largest absolute Gasteiger partial charge is 0.491 e. The molecule has 1 unspecified atom stereocenters. The number of hydrogen-bond acceptors (Lipinski definition) is 5. The highest BCUT2D eigenvalue weighted by molar-refractivity contribution is 7.89. The van der Waals surface area contributed by atoms with Crippen molar-refractivity contribution in [1.29, 1.82) is 0 Å². The number of sulfonamides is 1. The molecule has 0 aliphatic rings. The van der Waals surface area contributed by atoms with Gasteiger partial charge in [0, 0.05) is 20.7 Å². The highest BCUT2D eigenvalue weighted by atomic mass is 32.2. The zero-order valence-electron chi connectivity index (χ0n) is 12.9. The molecule has 0 saturated carbocycles. The maximum absolute atomic E-state index is 12.3. The van der Waals surface area contributed by atoms with Gasteiger partial charge in [-0.1, -0.05) is 6.92 Å². The van der Waals surface area contributed by atoms with Crippen molar-refractivity contribution in [3.8, 4) is 5.75 Å². The quantitative estimate of drug-likeness (QED) is 0.680. The highest BCUT2D eigenvalue weighted by Crippen LogP contribution is 2.19. The van der Waals surface area contributed by atoms with Gasteiger partial charge < -0.3 is 14.6 Å². The summed E-state index contributed by atoms with van der Waals surface area (Å²) in [5, 5.41) is 8.86. The standard InChI is InChI=1S/C14H21NO6S/c1-11(14(16)17)10-15(2)22(18,19)13-6-4-12(5-7-13)21-9-8-20-3/h4-7,11H,8-10H2,1-3H3,(H,16,17). The Labute approximate surface area is 130 Å². The fraction of sp³-hybridized carbons (Fsp3) is 0.500. The predicted molar refractivity (Wildman–Crippen MR) is 80.4 cm³/mol. The Morgan fingerprint density at radius 1 is 1.27 bits per heavy atom. The number of hydrogen-bond donors (Lipinski definition) is 1. The number of nitrogens with zero attached hydrogens (tertiary/aromatic N) is 1. The molecule has 1 atom stereocenters. The van der Waals surface area contributed by atoms with Gasteiger partial charge >= 0.3 is 5.97 Å². The van der Waals surface area contributed by atoms with Crippen molar-refractivity contribution in [2.45, 2.75) is 11.8 Å². The molecule has 0 amide bonds. The Morgan fingerprint density at radius 2 is 1.86 bits per heavy atom. The van der Waals surface area contributed by atoms with E-state index in [-0.39, 0.29) is 11.4 Å². The number of carboxylic acids is 1. The molecule has 0 fully saturated rings. The summed E-state index contributed by atoms with van der Waals surface area (Å²) in [7, 11) is -0.798. The van der Waals surface area contributed by atoms with E-state index in [1.807, 2.05) is 0 Å². The Kier molecular flexibility index (Phi) is 6.79. The van der Waals surface area contributed by atoms with Gasteiger partial charge in [0.15, 0.2) is 0 Å². The van der Waals surface area contributed by atoms with Gasteiger partial charge in [0.2, 0.25) is 10.0 Å². The lowest BCUT2D eigenvalue weighted by Crippen LogP contribution is -2.33. The third kappa shape index (κ3) is 4.97. The molecule has 0 aromatic heterocycles. The molecule has 22 heavy (non-hydrogen) atoms. The molecule has 1 aromatic rings. The van der Waals surface area contributed by atoms with Gasteiger partial charge in [-0.2, -0.15) is 0 Å². The normalized spacial score (nSPS) is 13.1. The molecule has 0 bridgehead atoms. The number of aliphatic carboxylic acids is 1. The summed E-state index contributed by atoms with van der Waals surface area (Å²) in [5.74, 6) is -1.28. The van der Waals surface area contributed by atoms with E-state index < -0.39 is 21.9 Å². The van der Waals surface area contributed by atoms with Crippen LogP contribution in [0.1, 0.15) is 6.92 Å². The lowest BCUT2D eigenvalue weighted by Gasteiger charge is -2.19. The van der Waals surface area contributed by atoms with E-state index in [2.05, 4.69) is 0 Å². The first kappa shape index (κ1) is 18.4. The summed E-state index contributed by atoms with van der Waals surface area (Å²) in [5.41, 5.74) is 0. The maximum atomic E-state index is 12.3. The number of ether oxygens (including phenoxy) is 2. The molecule has 1 aromatic carbocycles. The van der Waals surface area contributed by atoms with E-state index in [1.54, 1.807) is 19.2 Å². The van der Waals surface area contributed by atoms with Crippen molar-refractivity contribution < 1.29 is 27.8 Å². The van der Waals surface area contributed by atoms with E-state index in [0.29, 0.717) is 19.0 Å². The van der Waals surface area contributed by atoms with Gasteiger partial charge in [0.25, 0.3) is 0 Å². The van der Waals surface area contributed by atoms with Crippen molar-refractivity contribution >= 4 is 16.0 Å². The van der Waals surface area contributed by atoms with Crippen LogP contribution in [0.3, 0.4) is 0 Å². The van der Waals surface area contributed by atoms with E-state index >= 15 is 0 Å². The summed E-state index contributed by atoms with van der Waals surface area (Å²) in [6.07, 6.45) is 0. The molecule has 0 spiro atoms. The lowest BCUT2D eigenvalue weighted by molar-refractivity contribution is -0.141. The van der Waals surface area contributed by atoms with Gasteiger partial charge in [-0.25, -0.2) is 12.7 Å². The van der Waals surface area contributed by atoms with Crippen LogP contribution >= 0.6 is 0 Å². The van der Waals surface area contributed by atoms with E-state index in [4.69, 9.17) is 14.6 Å². The molecular weight excluding hydrogens is 310 g/mol. The Balaban J connectivity index is 2.78. The minimum Gasteiger partial charge on any atom is -0.491 e. The van der Waals surface area contributed by atoms with Gasteiger partial charge in [-0.3, -0.25) is 4.79 Å². The van der Waals surface area contributed by atoms with Crippen LogP contribution in [-0.4, -0.2) is 57.7 Å². The monoisotopic (exact) mass is 331 g/mol. The average Bonchev–Trinajstić information content (AvgIpc) is 2.47. The summed E-state index contributed by atoms with van der Waals surface area (Å²) < 4.78 is 35.9. The molecule has 7 nitrogen and oxygen atoms in total. The van der Waals surface area contributed by atoms with Gasteiger partial charge in [-0.05, 0) is 24.3 Å². The van der Waals surface area contributed by atoms with Gasteiger partial charge in [0.1, 0.15) is 12.4 Å². The van der Waals surface area contributed by atoms with Crippen LogP contribution in [0.15, 0.2) is 29.2 Å². The zero-order valence-corrected chi connectivity index (χ0v) is 13.7. The van der Waals surface area contributed by atoms with Crippen molar-refractivity contribution in [2.75, 3.05) is 33.9 Å².